The summed E-state index contributed by atoms with van der Waals surface area (Å²) in [5, 5.41) is 13.4. The van der Waals surface area contributed by atoms with Gasteiger partial charge in [0.2, 0.25) is 16.9 Å². The quantitative estimate of drug-likeness (QED) is 0.472. The van der Waals surface area contributed by atoms with E-state index in [1.807, 2.05) is 31.2 Å². The van der Waals surface area contributed by atoms with Crippen molar-refractivity contribution in [1.82, 2.24) is 10.2 Å². The molecular formula is C13H13ClN4O2S2. The van der Waals surface area contributed by atoms with E-state index in [0.29, 0.717) is 9.47 Å². The van der Waals surface area contributed by atoms with Crippen LogP contribution >= 0.6 is 34.7 Å². The first-order chi connectivity index (χ1) is 10.6. The summed E-state index contributed by atoms with van der Waals surface area (Å²) in [6, 6.07) is 7.56. The van der Waals surface area contributed by atoms with Crippen molar-refractivity contribution < 1.29 is 9.59 Å². The molecule has 0 spiro atoms. The molecule has 6 nitrogen and oxygen atoms in total. The van der Waals surface area contributed by atoms with Gasteiger partial charge in [0.1, 0.15) is 5.88 Å². The number of nitrogens with zero attached hydrogens (tertiary/aromatic N) is 2. The lowest BCUT2D eigenvalue weighted by atomic mass is 10.2. The Balaban J connectivity index is 1.81. The molecule has 22 heavy (non-hydrogen) atoms. The van der Waals surface area contributed by atoms with Gasteiger partial charge in [0, 0.05) is 5.69 Å². The molecule has 1 aromatic carbocycles. The lowest BCUT2D eigenvalue weighted by Gasteiger charge is -2.04. The average Bonchev–Trinajstić information content (AvgIpc) is 2.95. The lowest BCUT2D eigenvalue weighted by Crippen LogP contribution is -2.13. The Morgan fingerprint density at radius 3 is 2.59 bits per heavy atom. The van der Waals surface area contributed by atoms with Crippen LogP contribution in [0.3, 0.4) is 0 Å². The molecule has 0 aliphatic carbocycles. The van der Waals surface area contributed by atoms with Crippen molar-refractivity contribution in [3.63, 3.8) is 0 Å². The third-order valence-corrected chi connectivity index (χ3v) is 4.65. The largest absolute Gasteiger partial charge is 0.325 e. The van der Waals surface area contributed by atoms with E-state index in [1.54, 1.807) is 0 Å². The molecule has 116 valence electrons. The predicted molar refractivity (Wildman–Crippen MR) is 89.8 cm³/mol. The van der Waals surface area contributed by atoms with E-state index in [0.717, 1.165) is 11.3 Å². The monoisotopic (exact) mass is 356 g/mol. The highest BCUT2D eigenvalue weighted by molar-refractivity contribution is 8.01. The summed E-state index contributed by atoms with van der Waals surface area (Å²) in [6.45, 7) is 1.98. The fourth-order valence-corrected chi connectivity index (χ4v) is 3.07. The van der Waals surface area contributed by atoms with Crippen LogP contribution < -0.4 is 10.6 Å². The Kier molecular flexibility index (Phi) is 6.17. The number of alkyl halides is 1. The molecule has 2 N–H and O–H groups in total. The molecular weight excluding hydrogens is 344 g/mol. The molecule has 0 unspecified atom stereocenters. The van der Waals surface area contributed by atoms with Crippen LogP contribution in [0.1, 0.15) is 5.56 Å². The number of hydrogen-bond donors (Lipinski definition) is 2. The van der Waals surface area contributed by atoms with E-state index in [2.05, 4.69) is 20.8 Å². The number of nitrogens with one attached hydrogen (secondary N) is 2. The SMILES string of the molecule is Cc1ccc(NC(=O)CSc2nnc(NC(=O)CCl)s2)cc1. The second kappa shape index (κ2) is 8.11. The smallest absolute Gasteiger partial charge is 0.241 e. The van der Waals surface area contributed by atoms with Crippen molar-refractivity contribution in [2.24, 2.45) is 0 Å². The van der Waals surface area contributed by atoms with Gasteiger partial charge in [-0.1, -0.05) is 40.8 Å². The van der Waals surface area contributed by atoms with Crippen LogP contribution in [0.4, 0.5) is 10.8 Å². The zero-order valence-corrected chi connectivity index (χ0v) is 14.0. The van der Waals surface area contributed by atoms with Crippen LogP contribution in [0.15, 0.2) is 28.6 Å². The maximum atomic E-state index is 11.8. The minimum Gasteiger partial charge on any atom is -0.325 e. The molecule has 0 aliphatic heterocycles. The van der Waals surface area contributed by atoms with Crippen LogP contribution in [-0.2, 0) is 9.59 Å². The van der Waals surface area contributed by atoms with E-state index in [1.165, 1.54) is 23.1 Å². The maximum absolute atomic E-state index is 11.8. The molecule has 0 saturated carbocycles. The number of carbonyl (C=O) groups excluding carboxylic acids is 2. The Hall–Kier alpha value is -1.64. The first-order valence-corrected chi connectivity index (χ1v) is 8.59. The minimum atomic E-state index is -0.341. The van der Waals surface area contributed by atoms with Gasteiger partial charge in [0.15, 0.2) is 4.34 Å². The fourth-order valence-electron chi connectivity index (χ4n) is 1.43. The Morgan fingerprint density at radius 1 is 1.18 bits per heavy atom. The minimum absolute atomic E-state index is 0.129. The molecule has 0 radical (unpaired) electrons. The number of halogens is 1. The summed E-state index contributed by atoms with van der Waals surface area (Å²) in [6.07, 6.45) is 0. The van der Waals surface area contributed by atoms with Crippen molar-refractivity contribution in [2.45, 2.75) is 11.3 Å². The highest BCUT2D eigenvalue weighted by Gasteiger charge is 2.10. The summed E-state index contributed by atoms with van der Waals surface area (Å²) in [4.78, 5) is 22.9. The number of thioether (sulfide) groups is 1. The third kappa shape index (κ3) is 5.28. The second-order valence-electron chi connectivity index (χ2n) is 4.26. The van der Waals surface area contributed by atoms with Crippen molar-refractivity contribution >= 4 is 57.3 Å². The molecule has 0 saturated heterocycles. The summed E-state index contributed by atoms with van der Waals surface area (Å²) < 4.78 is 0.601. The predicted octanol–water partition coefficient (Wildman–Crippen LogP) is 2.75. The van der Waals surface area contributed by atoms with Gasteiger partial charge >= 0.3 is 0 Å². The van der Waals surface area contributed by atoms with Crippen LogP contribution in [0.25, 0.3) is 0 Å². The van der Waals surface area contributed by atoms with Crippen LogP contribution in [0, 0.1) is 6.92 Å². The van der Waals surface area contributed by atoms with E-state index < -0.39 is 0 Å². The molecule has 0 aliphatic rings. The highest BCUT2D eigenvalue weighted by Crippen LogP contribution is 2.25. The molecule has 1 aromatic heterocycles. The van der Waals surface area contributed by atoms with E-state index >= 15 is 0 Å². The molecule has 2 amide bonds. The maximum Gasteiger partial charge on any atom is 0.241 e. The number of rotatable bonds is 6. The Labute approximate surface area is 140 Å². The standard InChI is InChI=1S/C13H13ClN4O2S2/c1-8-2-4-9(5-3-8)15-11(20)7-21-13-18-17-12(22-13)16-10(19)6-14/h2-5H,6-7H2,1H3,(H,15,20)(H,16,17,19). The number of aromatic nitrogens is 2. The average molecular weight is 357 g/mol. The van der Waals surface area contributed by atoms with Crippen LogP contribution in [-0.4, -0.2) is 33.6 Å². The van der Waals surface area contributed by atoms with Gasteiger partial charge in [-0.2, -0.15) is 0 Å². The summed E-state index contributed by atoms with van der Waals surface area (Å²) >= 11 is 7.84. The molecule has 0 fully saturated rings. The molecule has 2 rings (SSSR count). The molecule has 0 bridgehead atoms. The molecule has 2 aromatic rings. The number of benzene rings is 1. The van der Waals surface area contributed by atoms with Crippen molar-refractivity contribution in [2.75, 3.05) is 22.3 Å². The number of amides is 2. The van der Waals surface area contributed by atoms with Gasteiger partial charge in [0.25, 0.3) is 0 Å². The van der Waals surface area contributed by atoms with Gasteiger partial charge in [-0.05, 0) is 19.1 Å². The van der Waals surface area contributed by atoms with Gasteiger partial charge < -0.3 is 5.32 Å². The number of anilines is 2. The first-order valence-electron chi connectivity index (χ1n) is 6.25. The normalized spacial score (nSPS) is 10.3. The number of carbonyl (C=O) groups is 2. The van der Waals surface area contributed by atoms with Gasteiger partial charge in [0.05, 0.1) is 5.75 Å². The van der Waals surface area contributed by atoms with E-state index in [-0.39, 0.29) is 23.4 Å². The van der Waals surface area contributed by atoms with Crippen molar-refractivity contribution in [1.29, 1.82) is 0 Å². The topological polar surface area (TPSA) is 84.0 Å². The fraction of sp³-hybridized carbons (Fsp3) is 0.231. The Bertz CT molecular complexity index is 660. The Morgan fingerprint density at radius 2 is 1.91 bits per heavy atom. The highest BCUT2D eigenvalue weighted by atomic mass is 35.5. The van der Waals surface area contributed by atoms with Gasteiger partial charge in [-0.3, -0.25) is 14.9 Å². The lowest BCUT2D eigenvalue weighted by molar-refractivity contribution is -0.114. The third-order valence-electron chi connectivity index (χ3n) is 2.44. The zero-order valence-electron chi connectivity index (χ0n) is 11.6. The van der Waals surface area contributed by atoms with Crippen LogP contribution in [0.2, 0.25) is 0 Å². The molecule has 9 heteroatoms. The van der Waals surface area contributed by atoms with Crippen LogP contribution in [0.5, 0.6) is 0 Å². The van der Waals surface area contributed by atoms with Crippen molar-refractivity contribution in [3.05, 3.63) is 29.8 Å². The number of hydrogen-bond acceptors (Lipinski definition) is 6. The zero-order chi connectivity index (χ0) is 15.9. The summed E-state index contributed by atoms with van der Waals surface area (Å²) in [5.41, 5.74) is 1.89. The number of aryl methyl sites for hydroxylation is 1. The second-order valence-corrected chi connectivity index (χ2v) is 6.73. The summed E-state index contributed by atoms with van der Waals surface area (Å²) in [5.74, 6) is -0.394. The van der Waals surface area contributed by atoms with Gasteiger partial charge in [-0.25, -0.2) is 0 Å². The molecule has 1 heterocycles. The van der Waals surface area contributed by atoms with E-state index in [9.17, 15) is 9.59 Å². The van der Waals surface area contributed by atoms with Gasteiger partial charge in [-0.15, -0.1) is 21.8 Å². The van der Waals surface area contributed by atoms with E-state index in [4.69, 9.17) is 11.6 Å². The summed E-state index contributed by atoms with van der Waals surface area (Å²) in [7, 11) is 0. The first kappa shape index (κ1) is 16.7. The molecule has 0 atom stereocenters. The van der Waals surface area contributed by atoms with Crippen molar-refractivity contribution in [3.8, 4) is 0 Å².